The summed E-state index contributed by atoms with van der Waals surface area (Å²) in [5.41, 5.74) is 2.82. The lowest BCUT2D eigenvalue weighted by Gasteiger charge is -2.03. The zero-order valence-corrected chi connectivity index (χ0v) is 14.2. The molecule has 0 N–H and O–H groups in total. The Morgan fingerprint density at radius 2 is 1.35 bits per heavy atom. The summed E-state index contributed by atoms with van der Waals surface area (Å²) < 4.78 is 0. The van der Waals surface area contributed by atoms with Crippen molar-refractivity contribution in [2.24, 2.45) is 0 Å². The molecule has 0 nitrogen and oxygen atoms in total. The number of allylic oxidation sites excluding steroid dienone is 5. The molecule has 0 fully saturated rings. The maximum absolute atomic E-state index is 3.77. The van der Waals surface area contributed by atoms with Gasteiger partial charge in [0.2, 0.25) is 0 Å². The summed E-state index contributed by atoms with van der Waals surface area (Å²) >= 11 is 0. The van der Waals surface area contributed by atoms with Crippen molar-refractivity contribution in [3.8, 4) is 0 Å². The molecule has 0 aliphatic heterocycles. The van der Waals surface area contributed by atoms with Gasteiger partial charge in [-0.1, -0.05) is 94.2 Å². The minimum absolute atomic E-state index is 1.06. The molecule has 0 radical (unpaired) electrons. The Morgan fingerprint density at radius 1 is 0.800 bits per heavy atom. The average Bonchev–Trinajstić information content (AvgIpc) is 2.45. The van der Waals surface area contributed by atoms with E-state index < -0.39 is 0 Å². The molecule has 0 amide bonds. The van der Waals surface area contributed by atoms with Crippen LogP contribution in [0, 0.1) is 0 Å². The molecule has 0 aliphatic carbocycles. The van der Waals surface area contributed by atoms with Crippen molar-refractivity contribution in [1.29, 1.82) is 0 Å². The lowest BCUT2D eigenvalue weighted by atomic mass is 10.0. The van der Waals surface area contributed by atoms with Crippen LogP contribution < -0.4 is 0 Å². The molecule has 0 bridgehead atoms. The van der Waals surface area contributed by atoms with E-state index in [0.717, 1.165) is 6.42 Å². The van der Waals surface area contributed by atoms with Gasteiger partial charge in [0.1, 0.15) is 0 Å². The van der Waals surface area contributed by atoms with Gasteiger partial charge < -0.3 is 0 Å². The summed E-state index contributed by atoms with van der Waals surface area (Å²) in [4.78, 5) is 0. The summed E-state index contributed by atoms with van der Waals surface area (Å²) in [6.07, 6.45) is 21.6. The van der Waals surface area contributed by atoms with Gasteiger partial charge in [-0.15, -0.1) is 0 Å². The van der Waals surface area contributed by atoms with E-state index in [2.05, 4.69) is 39.5 Å². The predicted octanol–water partition coefficient (Wildman–Crippen LogP) is 7.38. The molecule has 0 heterocycles. The number of unbranched alkanes of at least 4 members (excludes halogenated alkanes) is 8. The molecule has 20 heavy (non-hydrogen) atoms. The first kappa shape index (κ1) is 19.2. The molecular weight excluding hydrogens is 240 g/mol. The number of hydrogen-bond donors (Lipinski definition) is 0. The summed E-state index contributed by atoms with van der Waals surface area (Å²) in [6, 6.07) is 0. The van der Waals surface area contributed by atoms with Crippen LogP contribution in [0.1, 0.15) is 91.4 Å². The molecule has 0 saturated carbocycles. The molecule has 0 unspecified atom stereocenters. The van der Waals surface area contributed by atoms with Crippen molar-refractivity contribution < 1.29 is 0 Å². The Kier molecular flexibility index (Phi) is 14.1. The first-order chi connectivity index (χ1) is 9.70. The lowest BCUT2D eigenvalue weighted by molar-refractivity contribution is 0.564. The van der Waals surface area contributed by atoms with Gasteiger partial charge in [-0.2, -0.15) is 0 Å². The van der Waals surface area contributed by atoms with E-state index in [4.69, 9.17) is 0 Å². The lowest BCUT2D eigenvalue weighted by Crippen LogP contribution is -1.83. The first-order valence-electron chi connectivity index (χ1n) is 8.65. The van der Waals surface area contributed by atoms with Gasteiger partial charge in [-0.05, 0) is 33.1 Å². The van der Waals surface area contributed by atoms with Crippen LogP contribution in [0.2, 0.25) is 0 Å². The number of hydrogen-bond acceptors (Lipinski definition) is 0. The molecule has 0 atom stereocenters. The Hall–Kier alpha value is -0.780. The van der Waals surface area contributed by atoms with E-state index in [9.17, 15) is 0 Å². The van der Waals surface area contributed by atoms with Crippen LogP contribution in [0.5, 0.6) is 0 Å². The zero-order chi connectivity index (χ0) is 15.1. The van der Waals surface area contributed by atoms with E-state index in [-0.39, 0.29) is 0 Å². The van der Waals surface area contributed by atoms with Crippen LogP contribution >= 0.6 is 0 Å². The smallest absolute Gasteiger partial charge is 0.0161 e. The van der Waals surface area contributed by atoms with Gasteiger partial charge in [0.15, 0.2) is 0 Å². The quantitative estimate of drug-likeness (QED) is 0.187. The van der Waals surface area contributed by atoms with Crippen LogP contribution in [0.25, 0.3) is 0 Å². The van der Waals surface area contributed by atoms with Crippen molar-refractivity contribution in [1.82, 2.24) is 0 Å². The maximum atomic E-state index is 3.77. The molecule has 0 saturated heterocycles. The molecule has 0 spiro atoms. The van der Waals surface area contributed by atoms with E-state index in [1.165, 1.54) is 69.8 Å². The molecule has 0 aromatic heterocycles. The first-order valence-corrected chi connectivity index (χ1v) is 8.65. The third-order valence-corrected chi connectivity index (χ3v) is 3.90. The minimum Gasteiger partial charge on any atom is -0.0988 e. The fourth-order valence-corrected chi connectivity index (χ4v) is 2.35. The Bertz CT molecular complexity index is 280. The van der Waals surface area contributed by atoms with Gasteiger partial charge in [0.25, 0.3) is 0 Å². The van der Waals surface area contributed by atoms with Crippen LogP contribution in [0.15, 0.2) is 36.0 Å². The molecule has 0 aromatic rings. The highest BCUT2D eigenvalue weighted by molar-refractivity contribution is 5.15. The minimum atomic E-state index is 1.06. The Labute approximate surface area is 128 Å². The third kappa shape index (κ3) is 13.6. The average molecular weight is 277 g/mol. The SMILES string of the molecule is C=C/C(C)=C\CC=C(C)CCCCCCCCCCC. The molecule has 116 valence electrons. The standard InChI is InChI=1S/C20H36/c1-5-7-8-9-10-11-12-13-14-16-20(4)18-15-17-19(3)6-2/h6,17-18H,2,5,7-16H2,1,3-4H3/b19-17-,20-18?. The number of rotatable bonds is 13. The molecule has 0 heteroatoms. The summed E-state index contributed by atoms with van der Waals surface area (Å²) in [5.74, 6) is 0. The highest BCUT2D eigenvalue weighted by atomic mass is 14.0. The second kappa shape index (κ2) is 14.6. The van der Waals surface area contributed by atoms with E-state index in [0.29, 0.717) is 0 Å². The Morgan fingerprint density at radius 3 is 1.90 bits per heavy atom. The second-order valence-corrected chi connectivity index (χ2v) is 6.02. The molecular formula is C20H36. The fraction of sp³-hybridized carbons (Fsp3) is 0.700. The largest absolute Gasteiger partial charge is 0.0988 e. The van der Waals surface area contributed by atoms with Crippen molar-refractivity contribution in [2.45, 2.75) is 91.4 Å². The van der Waals surface area contributed by atoms with Gasteiger partial charge in [-0.3, -0.25) is 0 Å². The van der Waals surface area contributed by atoms with Crippen LogP contribution in [0.4, 0.5) is 0 Å². The predicted molar refractivity (Wildman–Crippen MR) is 94.2 cm³/mol. The normalized spacial score (nSPS) is 12.8. The highest BCUT2D eigenvalue weighted by Gasteiger charge is 1.93. The van der Waals surface area contributed by atoms with E-state index in [1.54, 1.807) is 5.57 Å². The van der Waals surface area contributed by atoms with Gasteiger partial charge in [0, 0.05) is 0 Å². The second-order valence-electron chi connectivity index (χ2n) is 6.02. The van der Waals surface area contributed by atoms with E-state index >= 15 is 0 Å². The van der Waals surface area contributed by atoms with Gasteiger partial charge >= 0.3 is 0 Å². The summed E-state index contributed by atoms with van der Waals surface area (Å²) in [6.45, 7) is 10.4. The van der Waals surface area contributed by atoms with Crippen molar-refractivity contribution in [2.75, 3.05) is 0 Å². The highest BCUT2D eigenvalue weighted by Crippen LogP contribution is 2.13. The van der Waals surface area contributed by atoms with Crippen molar-refractivity contribution >= 4 is 0 Å². The summed E-state index contributed by atoms with van der Waals surface area (Å²) in [7, 11) is 0. The molecule has 0 aromatic carbocycles. The Balaban J connectivity index is 3.41. The van der Waals surface area contributed by atoms with Crippen LogP contribution in [0.3, 0.4) is 0 Å². The van der Waals surface area contributed by atoms with Crippen molar-refractivity contribution in [3.05, 3.63) is 36.0 Å². The molecule has 0 aliphatic rings. The topological polar surface area (TPSA) is 0 Å². The maximum Gasteiger partial charge on any atom is -0.0161 e. The van der Waals surface area contributed by atoms with Gasteiger partial charge in [0.05, 0.1) is 0 Å². The third-order valence-electron chi connectivity index (χ3n) is 3.90. The van der Waals surface area contributed by atoms with E-state index in [1.807, 2.05) is 6.08 Å². The van der Waals surface area contributed by atoms with Crippen LogP contribution in [-0.4, -0.2) is 0 Å². The molecule has 0 rings (SSSR count). The van der Waals surface area contributed by atoms with Crippen LogP contribution in [-0.2, 0) is 0 Å². The van der Waals surface area contributed by atoms with Crippen molar-refractivity contribution in [3.63, 3.8) is 0 Å². The monoisotopic (exact) mass is 276 g/mol. The van der Waals surface area contributed by atoms with Gasteiger partial charge in [-0.25, -0.2) is 0 Å². The zero-order valence-electron chi connectivity index (χ0n) is 14.2. The summed E-state index contributed by atoms with van der Waals surface area (Å²) in [5, 5.41) is 0. The fourth-order valence-electron chi connectivity index (χ4n) is 2.35.